The topological polar surface area (TPSA) is 88.2 Å². The average Bonchev–Trinajstić information content (AvgIpc) is 2.62. The Morgan fingerprint density at radius 3 is 2.52 bits per heavy atom. The number of hydrogen-bond donors (Lipinski definition) is 3. The van der Waals surface area contributed by atoms with Gasteiger partial charge < -0.3 is 20.7 Å². The first-order valence-corrected chi connectivity index (χ1v) is 8.20. The molecule has 0 spiro atoms. The zero-order chi connectivity index (χ0) is 20.0. The van der Waals surface area contributed by atoms with Crippen LogP contribution in [-0.2, 0) is 0 Å². The number of benzene rings is 1. The molecule has 1 amide bonds. The highest BCUT2D eigenvalue weighted by Crippen LogP contribution is 2.26. The molecule has 0 aliphatic rings. The molecule has 2 aromatic rings. The summed E-state index contributed by atoms with van der Waals surface area (Å²) >= 11 is 0. The smallest absolute Gasteiger partial charge is 0.254 e. The highest BCUT2D eigenvalue weighted by molar-refractivity contribution is 5.95. The lowest BCUT2D eigenvalue weighted by Crippen LogP contribution is -2.30. The van der Waals surface area contributed by atoms with Crippen molar-refractivity contribution in [1.82, 2.24) is 15.3 Å². The molecular weight excluding hydrogens is 363 g/mol. The second-order valence-electron chi connectivity index (χ2n) is 5.50. The van der Waals surface area contributed by atoms with E-state index in [-0.39, 0.29) is 13.1 Å². The second-order valence-corrected chi connectivity index (χ2v) is 5.50. The molecule has 3 N–H and O–H groups in total. The van der Waals surface area contributed by atoms with E-state index in [0.717, 1.165) is 12.8 Å². The number of aromatic nitrogens is 2. The van der Waals surface area contributed by atoms with Gasteiger partial charge in [0.05, 0.1) is 12.7 Å². The maximum Gasteiger partial charge on any atom is 0.254 e. The van der Waals surface area contributed by atoms with E-state index in [1.54, 1.807) is 6.07 Å². The highest BCUT2D eigenvalue weighted by atomic mass is 19.2. The fourth-order valence-corrected chi connectivity index (χ4v) is 2.29. The van der Waals surface area contributed by atoms with Crippen molar-refractivity contribution < 1.29 is 22.7 Å². The minimum Gasteiger partial charge on any atom is -0.491 e. The largest absolute Gasteiger partial charge is 0.491 e. The number of hydrogen-bond acceptors (Lipinski definition) is 6. The van der Waals surface area contributed by atoms with E-state index in [0.29, 0.717) is 24.4 Å². The van der Waals surface area contributed by atoms with Gasteiger partial charge in [-0.25, -0.2) is 13.8 Å². The summed E-state index contributed by atoms with van der Waals surface area (Å²) in [4.78, 5) is 20.5. The Hall–Kier alpha value is -3.04. The van der Waals surface area contributed by atoms with Gasteiger partial charge in [0.15, 0.2) is 17.4 Å². The van der Waals surface area contributed by atoms with E-state index >= 15 is 0 Å². The van der Waals surface area contributed by atoms with Gasteiger partial charge in [0.2, 0.25) is 11.8 Å². The van der Waals surface area contributed by atoms with Crippen LogP contribution in [0, 0.1) is 24.4 Å². The van der Waals surface area contributed by atoms with Gasteiger partial charge in [0.25, 0.3) is 5.91 Å². The molecule has 1 aromatic carbocycles. The average molecular weight is 383 g/mol. The molecule has 1 heterocycles. The lowest BCUT2D eigenvalue weighted by Gasteiger charge is -2.11. The fraction of sp³-hybridized carbons (Fsp3) is 0.353. The summed E-state index contributed by atoms with van der Waals surface area (Å²) in [6, 6.07) is 2.28. The van der Waals surface area contributed by atoms with Gasteiger partial charge in [0.1, 0.15) is 5.82 Å². The predicted molar refractivity (Wildman–Crippen MR) is 94.6 cm³/mol. The molecule has 10 heteroatoms. The number of carbonyl (C=O) groups excluding carboxylic acids is 1. The number of carbonyl (C=O) groups is 1. The monoisotopic (exact) mass is 383 g/mol. The molecule has 0 bridgehead atoms. The van der Waals surface area contributed by atoms with E-state index in [4.69, 9.17) is 0 Å². The minimum absolute atomic E-state index is 0.0768. The molecule has 0 saturated carbocycles. The Labute approximate surface area is 154 Å². The third-order valence-corrected chi connectivity index (χ3v) is 3.47. The summed E-state index contributed by atoms with van der Waals surface area (Å²) in [6.07, 6.45) is 0. The van der Waals surface area contributed by atoms with Crippen molar-refractivity contribution in [2.75, 3.05) is 37.4 Å². The molecule has 0 fully saturated rings. The van der Waals surface area contributed by atoms with E-state index in [2.05, 4.69) is 30.7 Å². The molecule has 0 atom stereocenters. The van der Waals surface area contributed by atoms with E-state index in [1.165, 1.54) is 0 Å². The number of aryl methyl sites for hydroxylation is 1. The number of ether oxygens (including phenoxy) is 1. The number of halogens is 3. The van der Waals surface area contributed by atoms with Crippen molar-refractivity contribution in [1.29, 1.82) is 0 Å². The third kappa shape index (κ3) is 4.99. The number of nitrogens with one attached hydrogen (secondary N) is 3. The molecule has 0 unspecified atom stereocenters. The summed E-state index contributed by atoms with van der Waals surface area (Å²) in [5.74, 6) is -4.94. The van der Waals surface area contributed by atoms with Crippen molar-refractivity contribution in [2.45, 2.75) is 13.8 Å². The van der Waals surface area contributed by atoms with Crippen molar-refractivity contribution in [3.63, 3.8) is 0 Å². The lowest BCUT2D eigenvalue weighted by molar-refractivity contribution is 0.0949. The SMILES string of the molecule is CCNc1cc(C)nc(NCCNC(=O)c2cc(F)c(F)c(OC)c2F)n1. The normalized spacial score (nSPS) is 10.4. The Bertz CT molecular complexity index is 833. The zero-order valence-corrected chi connectivity index (χ0v) is 15.1. The lowest BCUT2D eigenvalue weighted by atomic mass is 10.1. The molecule has 27 heavy (non-hydrogen) atoms. The summed E-state index contributed by atoms with van der Waals surface area (Å²) < 4.78 is 45.4. The number of anilines is 2. The summed E-state index contributed by atoms with van der Waals surface area (Å²) in [7, 11) is 0.982. The third-order valence-electron chi connectivity index (χ3n) is 3.47. The zero-order valence-electron chi connectivity index (χ0n) is 15.1. The van der Waals surface area contributed by atoms with Gasteiger partial charge >= 0.3 is 0 Å². The van der Waals surface area contributed by atoms with Crippen LogP contribution in [0.2, 0.25) is 0 Å². The Kier molecular flexibility index (Phi) is 6.80. The number of methoxy groups -OCH3 is 1. The van der Waals surface area contributed by atoms with Crippen LogP contribution in [0.25, 0.3) is 0 Å². The first-order chi connectivity index (χ1) is 12.9. The molecule has 0 aliphatic carbocycles. The molecule has 0 aliphatic heterocycles. The second kappa shape index (κ2) is 9.06. The van der Waals surface area contributed by atoms with Crippen LogP contribution >= 0.6 is 0 Å². The standard InChI is InChI=1S/C17H20F3N5O2/c1-4-21-12-7-9(2)24-17(25-12)23-6-5-22-16(26)10-8-11(18)14(20)15(27-3)13(10)19/h7-8H,4-6H2,1-3H3,(H,22,26)(H2,21,23,24,25). The summed E-state index contributed by atoms with van der Waals surface area (Å²) in [6.45, 7) is 4.77. The Morgan fingerprint density at radius 1 is 1.11 bits per heavy atom. The predicted octanol–water partition coefficient (Wildman–Crippen LogP) is 2.48. The van der Waals surface area contributed by atoms with Crippen LogP contribution in [-0.4, -0.2) is 42.6 Å². The molecule has 1 aromatic heterocycles. The fourth-order valence-electron chi connectivity index (χ4n) is 2.29. The number of rotatable bonds is 8. The van der Waals surface area contributed by atoms with E-state index in [9.17, 15) is 18.0 Å². The number of nitrogens with zero attached hydrogens (tertiary/aromatic N) is 2. The van der Waals surface area contributed by atoms with Crippen LogP contribution in [0.15, 0.2) is 12.1 Å². The van der Waals surface area contributed by atoms with Crippen LogP contribution in [0.5, 0.6) is 5.75 Å². The molecule has 146 valence electrons. The van der Waals surface area contributed by atoms with Gasteiger partial charge in [-0.05, 0) is 19.9 Å². The van der Waals surface area contributed by atoms with Gasteiger partial charge in [-0.1, -0.05) is 0 Å². The van der Waals surface area contributed by atoms with Crippen LogP contribution in [0.1, 0.15) is 23.0 Å². The van der Waals surface area contributed by atoms with Crippen molar-refractivity contribution in [3.05, 3.63) is 40.8 Å². The maximum absolute atomic E-state index is 14.1. The van der Waals surface area contributed by atoms with Gasteiger partial charge in [-0.15, -0.1) is 0 Å². The molecule has 7 nitrogen and oxygen atoms in total. The first kappa shape index (κ1) is 20.3. The van der Waals surface area contributed by atoms with Crippen LogP contribution in [0.3, 0.4) is 0 Å². The quantitative estimate of drug-likeness (QED) is 0.480. The summed E-state index contributed by atoms with van der Waals surface area (Å²) in [5, 5.41) is 8.39. The molecule has 0 radical (unpaired) electrons. The van der Waals surface area contributed by atoms with E-state index in [1.807, 2.05) is 13.8 Å². The molecule has 0 saturated heterocycles. The van der Waals surface area contributed by atoms with Gasteiger partial charge in [0, 0.05) is 31.4 Å². The van der Waals surface area contributed by atoms with Crippen LogP contribution in [0.4, 0.5) is 24.9 Å². The minimum atomic E-state index is -1.48. The van der Waals surface area contributed by atoms with Crippen LogP contribution < -0.4 is 20.7 Å². The van der Waals surface area contributed by atoms with Crippen molar-refractivity contribution in [3.8, 4) is 5.75 Å². The first-order valence-electron chi connectivity index (χ1n) is 8.20. The van der Waals surface area contributed by atoms with Crippen molar-refractivity contribution >= 4 is 17.7 Å². The summed E-state index contributed by atoms with van der Waals surface area (Å²) in [5.41, 5.74) is 0.107. The highest BCUT2D eigenvalue weighted by Gasteiger charge is 2.23. The Morgan fingerprint density at radius 2 is 1.85 bits per heavy atom. The van der Waals surface area contributed by atoms with E-state index < -0.39 is 34.7 Å². The Balaban J connectivity index is 1.96. The maximum atomic E-state index is 14.1. The van der Waals surface area contributed by atoms with Gasteiger partial charge in [-0.2, -0.15) is 9.37 Å². The molecule has 2 rings (SSSR count). The number of amides is 1. The van der Waals surface area contributed by atoms with Crippen molar-refractivity contribution in [2.24, 2.45) is 0 Å². The van der Waals surface area contributed by atoms with Gasteiger partial charge in [-0.3, -0.25) is 4.79 Å². The molecular formula is C17H20F3N5O2.